The maximum absolute atomic E-state index is 11.5. The van der Waals surface area contributed by atoms with Gasteiger partial charge in [-0.2, -0.15) is 0 Å². The molecule has 0 amide bonds. The molecule has 0 atom stereocenters. The highest BCUT2D eigenvalue weighted by Crippen LogP contribution is 2.06. The van der Waals surface area contributed by atoms with Crippen LogP contribution < -0.4 is 5.69 Å². The van der Waals surface area contributed by atoms with Crippen molar-refractivity contribution in [2.24, 2.45) is 5.92 Å². The van der Waals surface area contributed by atoms with E-state index in [2.05, 4.69) is 28.8 Å². The van der Waals surface area contributed by atoms with Crippen LogP contribution in [-0.2, 0) is 6.54 Å². The van der Waals surface area contributed by atoms with Crippen LogP contribution in [0.15, 0.2) is 17.3 Å². The average molecular weight is 192 g/mol. The molecule has 74 valence electrons. The van der Waals surface area contributed by atoms with Gasteiger partial charge in [0, 0.05) is 6.54 Å². The lowest BCUT2D eigenvalue weighted by Gasteiger charge is -2.04. The predicted octanol–water partition coefficient (Wildman–Crippen LogP) is 0.776. The zero-order valence-electron chi connectivity index (χ0n) is 8.19. The van der Waals surface area contributed by atoms with Gasteiger partial charge in [0.25, 0.3) is 0 Å². The Morgan fingerprint density at radius 2 is 2.36 bits per heavy atom. The Morgan fingerprint density at radius 3 is 3.07 bits per heavy atom. The van der Waals surface area contributed by atoms with Crippen LogP contribution in [0.25, 0.3) is 11.2 Å². The molecular formula is C9H12N4O. The number of nitrogens with zero attached hydrogens (tertiary/aromatic N) is 3. The van der Waals surface area contributed by atoms with Crippen molar-refractivity contribution in [3.05, 3.63) is 23.0 Å². The smallest absolute Gasteiger partial charge is 0.290 e. The lowest BCUT2D eigenvalue weighted by atomic mass is 10.2. The quantitative estimate of drug-likeness (QED) is 0.764. The summed E-state index contributed by atoms with van der Waals surface area (Å²) < 4.78 is 1.67. The van der Waals surface area contributed by atoms with Crippen molar-refractivity contribution in [1.82, 2.24) is 19.5 Å². The number of rotatable bonds is 2. The van der Waals surface area contributed by atoms with Crippen LogP contribution in [0.3, 0.4) is 0 Å². The maximum Gasteiger partial charge on any atom is 0.327 e. The van der Waals surface area contributed by atoms with Crippen molar-refractivity contribution in [3.8, 4) is 0 Å². The maximum atomic E-state index is 11.5. The Hall–Kier alpha value is -1.65. The van der Waals surface area contributed by atoms with Gasteiger partial charge in [-0.25, -0.2) is 14.8 Å². The highest BCUT2D eigenvalue weighted by atomic mass is 16.1. The van der Waals surface area contributed by atoms with Gasteiger partial charge >= 0.3 is 5.69 Å². The zero-order chi connectivity index (χ0) is 10.1. The standard InChI is InChI=1S/C9H12N4O/c1-6(2)4-13-7-3-10-5-11-8(7)12-9(13)14/h3,5-6H,4H2,1-2H3,(H,10,11,12,14). The molecule has 0 radical (unpaired) electrons. The van der Waals surface area contributed by atoms with Gasteiger partial charge in [-0.1, -0.05) is 13.8 Å². The van der Waals surface area contributed by atoms with Gasteiger partial charge in [-0.3, -0.25) is 9.55 Å². The molecule has 0 spiro atoms. The molecule has 5 heteroatoms. The van der Waals surface area contributed by atoms with Crippen LogP contribution >= 0.6 is 0 Å². The number of aromatic amines is 1. The molecule has 1 N–H and O–H groups in total. The second kappa shape index (κ2) is 3.25. The molecule has 2 rings (SSSR count). The van der Waals surface area contributed by atoms with Crippen molar-refractivity contribution >= 4 is 11.2 Å². The number of hydrogen-bond donors (Lipinski definition) is 1. The fourth-order valence-corrected chi connectivity index (χ4v) is 1.44. The topological polar surface area (TPSA) is 63.6 Å². The van der Waals surface area contributed by atoms with Crippen molar-refractivity contribution in [2.45, 2.75) is 20.4 Å². The van der Waals surface area contributed by atoms with Crippen molar-refractivity contribution in [3.63, 3.8) is 0 Å². The summed E-state index contributed by atoms with van der Waals surface area (Å²) in [6.07, 6.45) is 3.08. The molecule has 0 aliphatic rings. The Bertz CT molecular complexity index is 497. The van der Waals surface area contributed by atoms with E-state index in [4.69, 9.17) is 0 Å². The highest BCUT2D eigenvalue weighted by Gasteiger charge is 2.07. The second-order valence-corrected chi connectivity index (χ2v) is 3.69. The molecule has 5 nitrogen and oxygen atoms in total. The number of nitrogens with one attached hydrogen (secondary N) is 1. The third-order valence-corrected chi connectivity index (χ3v) is 2.00. The number of aromatic nitrogens is 4. The third-order valence-electron chi connectivity index (χ3n) is 2.00. The first-order valence-electron chi connectivity index (χ1n) is 4.57. The van der Waals surface area contributed by atoms with Gasteiger partial charge in [-0.05, 0) is 5.92 Å². The molecule has 2 heterocycles. The van der Waals surface area contributed by atoms with Crippen LogP contribution in [-0.4, -0.2) is 19.5 Å². The lowest BCUT2D eigenvalue weighted by Crippen LogP contribution is -2.19. The molecule has 0 unspecified atom stereocenters. The van der Waals surface area contributed by atoms with Crippen LogP contribution in [0, 0.1) is 5.92 Å². The molecular weight excluding hydrogens is 180 g/mol. The van der Waals surface area contributed by atoms with E-state index in [9.17, 15) is 4.79 Å². The Morgan fingerprint density at radius 1 is 1.57 bits per heavy atom. The highest BCUT2D eigenvalue weighted by molar-refractivity contribution is 5.68. The summed E-state index contributed by atoms with van der Waals surface area (Å²) in [5.41, 5.74) is 1.26. The lowest BCUT2D eigenvalue weighted by molar-refractivity contribution is 0.522. The molecule has 2 aromatic rings. The van der Waals surface area contributed by atoms with Gasteiger partial charge in [0.05, 0.1) is 6.20 Å². The van der Waals surface area contributed by atoms with Crippen molar-refractivity contribution < 1.29 is 0 Å². The Labute approximate surface area is 80.8 Å². The Kier molecular flexibility index (Phi) is 2.07. The summed E-state index contributed by atoms with van der Waals surface area (Å²) in [5, 5.41) is 0. The molecule has 14 heavy (non-hydrogen) atoms. The summed E-state index contributed by atoms with van der Waals surface area (Å²) >= 11 is 0. The molecule has 0 aliphatic carbocycles. The molecule has 0 fully saturated rings. The SMILES string of the molecule is CC(C)Cn1c(=O)[nH]c2ncncc21. The number of hydrogen-bond acceptors (Lipinski definition) is 3. The third kappa shape index (κ3) is 1.41. The fourth-order valence-electron chi connectivity index (χ4n) is 1.44. The number of H-pyrrole nitrogens is 1. The first kappa shape index (κ1) is 8.93. The molecule has 2 aromatic heterocycles. The molecule has 0 aliphatic heterocycles. The first-order valence-corrected chi connectivity index (χ1v) is 4.57. The molecule has 0 aromatic carbocycles. The van der Waals surface area contributed by atoms with Gasteiger partial charge in [0.2, 0.25) is 0 Å². The fraction of sp³-hybridized carbons (Fsp3) is 0.444. The van der Waals surface area contributed by atoms with E-state index in [0.29, 0.717) is 18.1 Å². The minimum atomic E-state index is -0.116. The Balaban J connectivity index is 2.62. The van der Waals surface area contributed by atoms with E-state index < -0.39 is 0 Å². The summed E-state index contributed by atoms with van der Waals surface area (Å²) in [6.45, 7) is 4.82. The average Bonchev–Trinajstić information content (AvgIpc) is 2.43. The normalized spacial score (nSPS) is 11.4. The minimum absolute atomic E-state index is 0.116. The van der Waals surface area contributed by atoms with Gasteiger partial charge in [0.1, 0.15) is 11.8 Å². The van der Waals surface area contributed by atoms with Crippen LogP contribution in [0.4, 0.5) is 0 Å². The molecule has 0 bridgehead atoms. The van der Waals surface area contributed by atoms with E-state index in [-0.39, 0.29) is 5.69 Å². The monoisotopic (exact) mass is 192 g/mol. The molecule has 0 saturated carbocycles. The zero-order valence-corrected chi connectivity index (χ0v) is 8.19. The summed E-state index contributed by atoms with van der Waals surface area (Å²) in [6, 6.07) is 0. The minimum Gasteiger partial charge on any atom is -0.290 e. The van der Waals surface area contributed by atoms with Crippen LogP contribution in [0.5, 0.6) is 0 Å². The largest absolute Gasteiger partial charge is 0.327 e. The van der Waals surface area contributed by atoms with E-state index >= 15 is 0 Å². The van der Waals surface area contributed by atoms with Crippen LogP contribution in [0.2, 0.25) is 0 Å². The second-order valence-electron chi connectivity index (χ2n) is 3.69. The van der Waals surface area contributed by atoms with E-state index in [1.54, 1.807) is 10.8 Å². The van der Waals surface area contributed by atoms with Crippen molar-refractivity contribution in [1.29, 1.82) is 0 Å². The summed E-state index contributed by atoms with van der Waals surface area (Å²) in [4.78, 5) is 22.1. The summed E-state index contributed by atoms with van der Waals surface area (Å²) in [7, 11) is 0. The van der Waals surface area contributed by atoms with Crippen LogP contribution in [0.1, 0.15) is 13.8 Å². The van der Waals surface area contributed by atoms with Gasteiger partial charge in [-0.15, -0.1) is 0 Å². The molecule has 0 saturated heterocycles. The van der Waals surface area contributed by atoms with Gasteiger partial charge < -0.3 is 0 Å². The first-order chi connectivity index (χ1) is 6.68. The predicted molar refractivity (Wildman–Crippen MR) is 53.0 cm³/mol. The van der Waals surface area contributed by atoms with Crippen molar-refractivity contribution in [2.75, 3.05) is 0 Å². The van der Waals surface area contributed by atoms with E-state index in [1.807, 2.05) is 0 Å². The number of fused-ring (bicyclic) bond motifs is 1. The number of imidazole rings is 1. The van der Waals surface area contributed by atoms with E-state index in [0.717, 1.165) is 5.52 Å². The van der Waals surface area contributed by atoms with E-state index in [1.165, 1.54) is 6.33 Å². The van der Waals surface area contributed by atoms with Gasteiger partial charge in [0.15, 0.2) is 5.65 Å². The summed E-state index contributed by atoms with van der Waals surface area (Å²) in [5.74, 6) is 0.423.